The predicted octanol–water partition coefficient (Wildman–Crippen LogP) is 2.95. The van der Waals surface area contributed by atoms with Crippen LogP contribution in [0, 0.1) is 19.8 Å². The number of para-hydroxylation sites is 1. The predicted molar refractivity (Wildman–Crippen MR) is 77.1 cm³/mol. The van der Waals surface area contributed by atoms with Crippen LogP contribution in [0.3, 0.4) is 0 Å². The van der Waals surface area contributed by atoms with E-state index in [1.165, 1.54) is 48.1 Å². The average Bonchev–Trinajstić information content (AvgIpc) is 2.94. The first-order chi connectivity index (χ1) is 8.68. The largest absolute Gasteiger partial charge is 0.347 e. The molecule has 2 nitrogen and oxygen atoms in total. The third-order valence-corrected chi connectivity index (χ3v) is 4.49. The fourth-order valence-corrected chi connectivity index (χ4v) is 3.35. The van der Waals surface area contributed by atoms with Crippen LogP contribution in [-0.2, 0) is 13.5 Å². The van der Waals surface area contributed by atoms with E-state index in [2.05, 4.69) is 49.0 Å². The highest BCUT2D eigenvalue weighted by molar-refractivity contribution is 5.88. The lowest BCUT2D eigenvalue weighted by Gasteiger charge is -2.08. The van der Waals surface area contributed by atoms with Crippen LogP contribution in [0.1, 0.15) is 23.2 Å². The van der Waals surface area contributed by atoms with Crippen LogP contribution in [-0.4, -0.2) is 17.7 Å². The molecule has 0 bridgehead atoms. The molecule has 2 heteroatoms. The summed E-state index contributed by atoms with van der Waals surface area (Å²) in [5.74, 6) is 0.815. The molecule has 1 saturated heterocycles. The van der Waals surface area contributed by atoms with Gasteiger partial charge in [-0.05, 0) is 56.8 Å². The van der Waals surface area contributed by atoms with Gasteiger partial charge in [0.1, 0.15) is 0 Å². The Morgan fingerprint density at radius 3 is 2.89 bits per heavy atom. The first kappa shape index (κ1) is 11.8. The van der Waals surface area contributed by atoms with Crippen molar-refractivity contribution in [3.63, 3.8) is 0 Å². The minimum Gasteiger partial charge on any atom is -0.347 e. The molecule has 2 heterocycles. The lowest BCUT2D eigenvalue weighted by Crippen LogP contribution is -2.11. The fourth-order valence-electron chi connectivity index (χ4n) is 3.35. The molecule has 1 aromatic heterocycles. The van der Waals surface area contributed by atoms with E-state index >= 15 is 0 Å². The fraction of sp³-hybridized carbons (Fsp3) is 0.500. The van der Waals surface area contributed by atoms with E-state index < -0.39 is 0 Å². The number of aryl methyl sites for hydroxylation is 2. The highest BCUT2D eigenvalue weighted by Gasteiger charge is 2.20. The Kier molecular flexibility index (Phi) is 2.90. The van der Waals surface area contributed by atoms with Gasteiger partial charge in [-0.3, -0.25) is 0 Å². The van der Waals surface area contributed by atoms with Crippen molar-refractivity contribution >= 4 is 10.9 Å². The van der Waals surface area contributed by atoms with Gasteiger partial charge in [0.25, 0.3) is 0 Å². The molecular formula is C16H22N2. The monoisotopic (exact) mass is 242 g/mol. The van der Waals surface area contributed by atoms with Gasteiger partial charge in [0.15, 0.2) is 0 Å². The first-order valence-electron chi connectivity index (χ1n) is 6.92. The van der Waals surface area contributed by atoms with Gasteiger partial charge in [-0.2, -0.15) is 0 Å². The Labute approximate surface area is 109 Å². The molecule has 3 rings (SSSR count). The van der Waals surface area contributed by atoms with Crippen molar-refractivity contribution in [2.45, 2.75) is 26.7 Å². The van der Waals surface area contributed by atoms with Crippen molar-refractivity contribution in [3.05, 3.63) is 35.0 Å². The average molecular weight is 242 g/mol. The second kappa shape index (κ2) is 4.43. The Hall–Kier alpha value is -1.28. The maximum atomic E-state index is 3.47. The second-order valence-corrected chi connectivity index (χ2v) is 5.66. The van der Waals surface area contributed by atoms with Crippen LogP contribution in [0.5, 0.6) is 0 Å². The number of benzene rings is 1. The van der Waals surface area contributed by atoms with Gasteiger partial charge in [-0.25, -0.2) is 0 Å². The van der Waals surface area contributed by atoms with Gasteiger partial charge in [-0.15, -0.1) is 0 Å². The van der Waals surface area contributed by atoms with Gasteiger partial charge in [-0.1, -0.05) is 18.2 Å². The molecule has 1 atom stereocenters. The molecule has 1 N–H and O–H groups in total. The normalized spacial score (nSPS) is 19.8. The summed E-state index contributed by atoms with van der Waals surface area (Å²) in [6, 6.07) is 6.68. The quantitative estimate of drug-likeness (QED) is 0.856. The number of rotatable bonds is 2. The molecule has 18 heavy (non-hydrogen) atoms. The zero-order valence-corrected chi connectivity index (χ0v) is 11.6. The van der Waals surface area contributed by atoms with E-state index in [1.807, 2.05) is 0 Å². The van der Waals surface area contributed by atoms with Crippen molar-refractivity contribution in [1.82, 2.24) is 9.88 Å². The van der Waals surface area contributed by atoms with E-state index in [4.69, 9.17) is 0 Å². The molecule has 1 aliphatic rings. The first-order valence-corrected chi connectivity index (χ1v) is 6.92. The van der Waals surface area contributed by atoms with Crippen molar-refractivity contribution in [1.29, 1.82) is 0 Å². The number of nitrogens with one attached hydrogen (secondary N) is 1. The van der Waals surface area contributed by atoms with Gasteiger partial charge in [0.05, 0.1) is 5.52 Å². The molecule has 0 aliphatic carbocycles. The van der Waals surface area contributed by atoms with Crippen molar-refractivity contribution in [3.8, 4) is 0 Å². The minimum atomic E-state index is 0.815. The zero-order valence-electron chi connectivity index (χ0n) is 11.6. The summed E-state index contributed by atoms with van der Waals surface area (Å²) in [5.41, 5.74) is 5.79. The van der Waals surface area contributed by atoms with E-state index in [-0.39, 0.29) is 0 Å². The number of hydrogen-bond acceptors (Lipinski definition) is 1. The van der Waals surface area contributed by atoms with E-state index in [1.54, 1.807) is 5.56 Å². The van der Waals surface area contributed by atoms with Crippen LogP contribution >= 0.6 is 0 Å². The minimum absolute atomic E-state index is 0.815. The molecule has 2 aromatic rings. The van der Waals surface area contributed by atoms with Gasteiger partial charge < -0.3 is 9.88 Å². The molecule has 0 saturated carbocycles. The lowest BCUT2D eigenvalue weighted by atomic mass is 9.96. The van der Waals surface area contributed by atoms with Crippen LogP contribution < -0.4 is 5.32 Å². The Balaban J connectivity index is 2.10. The SMILES string of the molecule is Cc1cccc2c(CC3CCNC3)c(C)n(C)c12. The summed E-state index contributed by atoms with van der Waals surface area (Å²) in [6.07, 6.45) is 2.54. The summed E-state index contributed by atoms with van der Waals surface area (Å²) in [5, 5.41) is 4.93. The molecular weight excluding hydrogens is 220 g/mol. The smallest absolute Gasteiger partial charge is 0.0512 e. The Morgan fingerprint density at radius 2 is 2.17 bits per heavy atom. The molecule has 96 valence electrons. The molecule has 1 aliphatic heterocycles. The number of aromatic nitrogens is 1. The van der Waals surface area contributed by atoms with Crippen LogP contribution in [0.4, 0.5) is 0 Å². The van der Waals surface area contributed by atoms with E-state index in [0.717, 1.165) is 5.92 Å². The summed E-state index contributed by atoms with van der Waals surface area (Å²) in [4.78, 5) is 0. The zero-order chi connectivity index (χ0) is 12.7. The molecule has 0 radical (unpaired) electrons. The van der Waals surface area contributed by atoms with Gasteiger partial charge >= 0.3 is 0 Å². The summed E-state index contributed by atoms with van der Waals surface area (Å²) in [6.45, 7) is 6.84. The number of nitrogens with zero attached hydrogens (tertiary/aromatic N) is 1. The van der Waals surface area contributed by atoms with Crippen LogP contribution in [0.2, 0.25) is 0 Å². The second-order valence-electron chi connectivity index (χ2n) is 5.66. The van der Waals surface area contributed by atoms with Crippen molar-refractivity contribution in [2.75, 3.05) is 13.1 Å². The summed E-state index contributed by atoms with van der Waals surface area (Å²) < 4.78 is 2.36. The van der Waals surface area contributed by atoms with E-state index in [0.29, 0.717) is 0 Å². The molecule has 0 spiro atoms. The number of fused-ring (bicyclic) bond motifs is 1. The van der Waals surface area contributed by atoms with Crippen LogP contribution in [0.15, 0.2) is 18.2 Å². The molecule has 1 aromatic carbocycles. The highest BCUT2D eigenvalue weighted by atomic mass is 14.9. The third-order valence-electron chi connectivity index (χ3n) is 4.49. The summed E-state index contributed by atoms with van der Waals surface area (Å²) in [7, 11) is 2.20. The van der Waals surface area contributed by atoms with Gasteiger partial charge in [0.2, 0.25) is 0 Å². The standard InChI is InChI=1S/C16H22N2/c1-11-5-4-6-14-15(9-13-7-8-17-10-13)12(2)18(3)16(11)14/h4-6,13,17H,7-10H2,1-3H3. The maximum Gasteiger partial charge on any atom is 0.0512 e. The molecule has 1 unspecified atom stereocenters. The van der Waals surface area contributed by atoms with Crippen molar-refractivity contribution in [2.24, 2.45) is 13.0 Å². The van der Waals surface area contributed by atoms with Crippen molar-refractivity contribution < 1.29 is 0 Å². The van der Waals surface area contributed by atoms with Crippen LogP contribution in [0.25, 0.3) is 10.9 Å². The van der Waals surface area contributed by atoms with Gasteiger partial charge in [0, 0.05) is 18.1 Å². The Bertz CT molecular complexity index is 574. The molecule has 1 fully saturated rings. The number of hydrogen-bond donors (Lipinski definition) is 1. The van der Waals surface area contributed by atoms with E-state index in [9.17, 15) is 0 Å². The maximum absolute atomic E-state index is 3.47. The topological polar surface area (TPSA) is 17.0 Å². The third kappa shape index (κ3) is 1.76. The highest BCUT2D eigenvalue weighted by Crippen LogP contribution is 2.30. The Morgan fingerprint density at radius 1 is 1.33 bits per heavy atom. The summed E-state index contributed by atoms with van der Waals surface area (Å²) >= 11 is 0. The molecule has 0 amide bonds. The lowest BCUT2D eigenvalue weighted by molar-refractivity contribution is 0.579.